The Morgan fingerprint density at radius 1 is 1.33 bits per heavy atom. The van der Waals surface area contributed by atoms with Crippen LogP contribution in [0.3, 0.4) is 0 Å². The Balaban J connectivity index is 1.97. The van der Waals surface area contributed by atoms with E-state index < -0.39 is 0 Å². The number of nitrogens with two attached hydrogens (primary N) is 1. The number of nitrogen functional groups attached to an aromatic ring is 1. The molecule has 1 aromatic carbocycles. The maximum Gasteiger partial charge on any atom is 0.146 e. The molecular weight excluding hydrogens is 369 g/mol. The lowest BCUT2D eigenvalue weighted by Gasteiger charge is -2.36. The van der Waals surface area contributed by atoms with Crippen molar-refractivity contribution < 1.29 is 13.9 Å². The molecule has 1 saturated heterocycles. The normalized spacial score (nSPS) is 16.3. The van der Waals surface area contributed by atoms with Crippen molar-refractivity contribution in [3.63, 3.8) is 0 Å². The number of rotatable bonds is 6. The van der Waals surface area contributed by atoms with E-state index in [-0.39, 0.29) is 11.4 Å². The van der Waals surface area contributed by atoms with E-state index in [1.807, 2.05) is 6.92 Å². The van der Waals surface area contributed by atoms with Crippen LogP contribution in [0.15, 0.2) is 24.4 Å². The standard InChI is InChI=1S/C20H25ClFN3O2/c1-3-13-14(15-10-18(23)24-11-16(15)21)4-5-17(22)19(13)25-12-20(26-2)6-8-27-9-7-20/h4-5,10-11,25H,3,6-9,12H2,1-2H3,(H2,23,24). The molecule has 0 atom stereocenters. The van der Waals surface area contributed by atoms with Crippen molar-refractivity contribution in [1.82, 2.24) is 4.98 Å². The fourth-order valence-corrected chi connectivity index (χ4v) is 3.74. The quantitative estimate of drug-likeness (QED) is 0.766. The van der Waals surface area contributed by atoms with Gasteiger partial charge in [0.1, 0.15) is 11.6 Å². The van der Waals surface area contributed by atoms with Crippen molar-refractivity contribution in [2.45, 2.75) is 31.8 Å². The van der Waals surface area contributed by atoms with Gasteiger partial charge in [0, 0.05) is 51.5 Å². The van der Waals surface area contributed by atoms with Crippen molar-refractivity contribution in [3.05, 3.63) is 40.8 Å². The molecule has 1 aliphatic rings. The molecule has 146 valence electrons. The zero-order chi connectivity index (χ0) is 19.4. The van der Waals surface area contributed by atoms with Crippen molar-refractivity contribution in [1.29, 1.82) is 0 Å². The number of nitrogens with zero attached hydrogens (tertiary/aromatic N) is 1. The number of anilines is 2. The molecule has 7 heteroatoms. The predicted molar refractivity (Wildman–Crippen MR) is 107 cm³/mol. The Hall–Kier alpha value is -1.89. The second kappa shape index (κ2) is 8.42. The summed E-state index contributed by atoms with van der Waals surface area (Å²) in [5.74, 6) is 0.0721. The Labute approximate surface area is 164 Å². The van der Waals surface area contributed by atoms with Gasteiger partial charge in [-0.15, -0.1) is 0 Å². The van der Waals surface area contributed by atoms with Crippen LogP contribution in [0.2, 0.25) is 5.02 Å². The van der Waals surface area contributed by atoms with E-state index in [1.165, 1.54) is 12.3 Å². The lowest BCUT2D eigenvalue weighted by Crippen LogP contribution is -2.44. The summed E-state index contributed by atoms with van der Waals surface area (Å²) in [5, 5.41) is 3.77. The molecule has 27 heavy (non-hydrogen) atoms. The zero-order valence-electron chi connectivity index (χ0n) is 15.6. The van der Waals surface area contributed by atoms with Crippen LogP contribution in [0.25, 0.3) is 11.1 Å². The SMILES string of the molecule is CCc1c(-c2cc(N)ncc2Cl)ccc(F)c1NCC1(OC)CCOCC1. The van der Waals surface area contributed by atoms with Crippen LogP contribution in [0, 0.1) is 5.82 Å². The van der Waals surface area contributed by atoms with E-state index in [1.54, 1.807) is 19.2 Å². The molecule has 5 nitrogen and oxygen atoms in total. The molecule has 0 radical (unpaired) electrons. The van der Waals surface area contributed by atoms with Crippen LogP contribution < -0.4 is 11.1 Å². The third-order valence-electron chi connectivity index (χ3n) is 5.21. The summed E-state index contributed by atoms with van der Waals surface area (Å²) in [4.78, 5) is 4.01. The first-order chi connectivity index (χ1) is 13.0. The maximum absolute atomic E-state index is 14.7. The molecule has 3 rings (SSSR count). The average molecular weight is 394 g/mol. The highest BCUT2D eigenvalue weighted by Gasteiger charge is 2.33. The van der Waals surface area contributed by atoms with Gasteiger partial charge in [-0.25, -0.2) is 9.37 Å². The summed E-state index contributed by atoms with van der Waals surface area (Å²) in [7, 11) is 1.69. The van der Waals surface area contributed by atoms with Crippen LogP contribution in [-0.4, -0.2) is 37.5 Å². The van der Waals surface area contributed by atoms with E-state index in [4.69, 9.17) is 26.8 Å². The number of benzene rings is 1. The molecular formula is C20H25ClFN3O2. The van der Waals surface area contributed by atoms with Gasteiger partial charge in [0.05, 0.1) is 16.3 Å². The van der Waals surface area contributed by atoms with Gasteiger partial charge in [-0.3, -0.25) is 0 Å². The van der Waals surface area contributed by atoms with Gasteiger partial charge in [-0.1, -0.05) is 24.6 Å². The number of hydrogen-bond donors (Lipinski definition) is 2. The Morgan fingerprint density at radius 3 is 2.74 bits per heavy atom. The molecule has 1 aromatic heterocycles. The molecule has 1 fully saturated rings. The molecule has 2 aromatic rings. The minimum atomic E-state index is -0.357. The summed E-state index contributed by atoms with van der Waals surface area (Å²) in [6.07, 6.45) is 3.69. The minimum absolute atomic E-state index is 0.299. The Kier molecular flexibility index (Phi) is 6.19. The van der Waals surface area contributed by atoms with Crippen LogP contribution in [0.4, 0.5) is 15.9 Å². The van der Waals surface area contributed by atoms with Crippen LogP contribution in [0.5, 0.6) is 0 Å². The number of methoxy groups -OCH3 is 1. The van der Waals surface area contributed by atoms with Gasteiger partial charge >= 0.3 is 0 Å². The number of ether oxygens (including phenoxy) is 2. The van der Waals surface area contributed by atoms with Crippen LogP contribution in [-0.2, 0) is 15.9 Å². The summed E-state index contributed by atoms with van der Waals surface area (Å²) < 4.78 is 25.9. The molecule has 2 heterocycles. The first-order valence-electron chi connectivity index (χ1n) is 9.09. The van der Waals surface area contributed by atoms with Gasteiger partial charge in [0.15, 0.2) is 0 Å². The molecule has 0 aliphatic carbocycles. The molecule has 3 N–H and O–H groups in total. The van der Waals surface area contributed by atoms with E-state index in [2.05, 4.69) is 10.3 Å². The van der Waals surface area contributed by atoms with Gasteiger partial charge in [-0.05, 0) is 29.7 Å². The lowest BCUT2D eigenvalue weighted by atomic mass is 9.92. The third kappa shape index (κ3) is 4.18. The van der Waals surface area contributed by atoms with Gasteiger partial charge < -0.3 is 20.5 Å². The van der Waals surface area contributed by atoms with Crippen LogP contribution in [0.1, 0.15) is 25.3 Å². The third-order valence-corrected chi connectivity index (χ3v) is 5.51. The lowest BCUT2D eigenvalue weighted by molar-refractivity contribution is -0.0807. The van der Waals surface area contributed by atoms with E-state index in [0.717, 1.165) is 29.5 Å². The highest BCUT2D eigenvalue weighted by atomic mass is 35.5. The first kappa shape index (κ1) is 19.9. The summed E-state index contributed by atoms with van der Waals surface area (Å²) in [6.45, 7) is 3.78. The first-order valence-corrected chi connectivity index (χ1v) is 9.47. The fourth-order valence-electron chi connectivity index (χ4n) is 3.54. The maximum atomic E-state index is 14.7. The van der Waals surface area contributed by atoms with Crippen molar-refractivity contribution in [2.75, 3.05) is 37.9 Å². The van der Waals surface area contributed by atoms with Crippen molar-refractivity contribution in [2.24, 2.45) is 0 Å². The number of halogens is 2. The van der Waals surface area contributed by atoms with E-state index >= 15 is 0 Å². The Morgan fingerprint density at radius 2 is 2.07 bits per heavy atom. The summed E-state index contributed by atoms with van der Waals surface area (Å²) in [6, 6.07) is 4.90. The molecule has 0 unspecified atom stereocenters. The van der Waals surface area contributed by atoms with E-state index in [0.29, 0.717) is 42.7 Å². The van der Waals surface area contributed by atoms with Gasteiger partial charge in [0.2, 0.25) is 0 Å². The Bertz CT molecular complexity index is 810. The number of nitrogens with one attached hydrogen (secondary N) is 1. The number of hydrogen-bond acceptors (Lipinski definition) is 5. The van der Waals surface area contributed by atoms with Crippen molar-refractivity contribution in [3.8, 4) is 11.1 Å². The highest BCUT2D eigenvalue weighted by molar-refractivity contribution is 6.33. The largest absolute Gasteiger partial charge is 0.384 e. The predicted octanol–water partition coefficient (Wildman–Crippen LogP) is 4.29. The topological polar surface area (TPSA) is 69.4 Å². The smallest absolute Gasteiger partial charge is 0.146 e. The monoisotopic (exact) mass is 393 g/mol. The second-order valence-electron chi connectivity index (χ2n) is 6.74. The minimum Gasteiger partial charge on any atom is -0.384 e. The van der Waals surface area contributed by atoms with E-state index in [9.17, 15) is 4.39 Å². The van der Waals surface area contributed by atoms with Gasteiger partial charge in [-0.2, -0.15) is 0 Å². The molecule has 0 bridgehead atoms. The number of aromatic nitrogens is 1. The highest BCUT2D eigenvalue weighted by Crippen LogP contribution is 2.37. The fraction of sp³-hybridized carbons (Fsp3) is 0.450. The second-order valence-corrected chi connectivity index (χ2v) is 7.15. The molecule has 0 amide bonds. The van der Waals surface area contributed by atoms with Gasteiger partial charge in [0.25, 0.3) is 0 Å². The van der Waals surface area contributed by atoms with Crippen LogP contribution >= 0.6 is 11.6 Å². The number of pyridine rings is 1. The molecule has 0 saturated carbocycles. The van der Waals surface area contributed by atoms with Crippen molar-refractivity contribution >= 4 is 23.1 Å². The average Bonchev–Trinajstić information content (AvgIpc) is 2.69. The summed E-state index contributed by atoms with van der Waals surface area (Å²) >= 11 is 6.33. The molecule has 1 aliphatic heterocycles. The molecule has 0 spiro atoms. The zero-order valence-corrected chi connectivity index (χ0v) is 16.4. The summed E-state index contributed by atoms with van der Waals surface area (Å²) in [5.41, 5.74) is 8.39.